The van der Waals surface area contributed by atoms with Crippen LogP contribution in [-0.2, 0) is 0 Å². The molecule has 2 aromatic rings. The first-order valence-corrected chi connectivity index (χ1v) is 6.76. The van der Waals surface area contributed by atoms with Crippen molar-refractivity contribution in [3.63, 3.8) is 0 Å². The second kappa shape index (κ2) is 5.62. The van der Waals surface area contributed by atoms with Crippen molar-refractivity contribution in [2.75, 3.05) is 18.4 Å². The van der Waals surface area contributed by atoms with E-state index in [0.717, 1.165) is 6.07 Å². The van der Waals surface area contributed by atoms with Gasteiger partial charge < -0.3 is 15.8 Å². The molecule has 1 aliphatic heterocycles. The summed E-state index contributed by atoms with van der Waals surface area (Å²) < 4.78 is 33.0. The lowest BCUT2D eigenvalue weighted by molar-refractivity contribution is 0.215. The summed E-state index contributed by atoms with van der Waals surface area (Å²) in [5.41, 5.74) is 7.04. The molecule has 4 nitrogen and oxygen atoms in total. The molecule has 6 heteroatoms. The summed E-state index contributed by atoms with van der Waals surface area (Å²) in [6, 6.07) is 8.30. The van der Waals surface area contributed by atoms with Gasteiger partial charge in [0.25, 0.3) is 0 Å². The molecule has 0 spiro atoms. The number of benzene rings is 2. The minimum absolute atomic E-state index is 0.117. The zero-order valence-electron chi connectivity index (χ0n) is 11.6. The summed E-state index contributed by atoms with van der Waals surface area (Å²) in [4.78, 5) is 0. The Balaban J connectivity index is 2.20. The van der Waals surface area contributed by atoms with Gasteiger partial charge in [-0.2, -0.15) is 5.26 Å². The molecule has 0 saturated heterocycles. The number of nitrogens with one attached hydrogen (secondary N) is 1. The van der Waals surface area contributed by atoms with E-state index < -0.39 is 11.6 Å². The Morgan fingerprint density at radius 1 is 1.23 bits per heavy atom. The number of ether oxygens (including phenoxy) is 1. The molecular formula is C16H13F2N3O. The molecule has 1 aliphatic rings. The smallest absolute Gasteiger partial charge is 0.151 e. The number of hydrogen-bond donors (Lipinski definition) is 2. The zero-order chi connectivity index (χ0) is 15.7. The van der Waals surface area contributed by atoms with Gasteiger partial charge in [0.1, 0.15) is 17.7 Å². The number of fused-ring (bicyclic) bond motifs is 1. The van der Waals surface area contributed by atoms with Crippen molar-refractivity contribution in [2.24, 2.45) is 5.73 Å². The molecule has 112 valence electrons. The Labute approximate surface area is 126 Å². The fourth-order valence-electron chi connectivity index (χ4n) is 2.46. The van der Waals surface area contributed by atoms with Crippen LogP contribution in [-0.4, -0.2) is 19.2 Å². The average molecular weight is 301 g/mol. The van der Waals surface area contributed by atoms with Crippen molar-refractivity contribution in [1.29, 1.82) is 5.26 Å². The Kier molecular flexibility index (Phi) is 3.65. The Bertz CT molecular complexity index is 771. The molecule has 0 radical (unpaired) electrons. The van der Waals surface area contributed by atoms with Crippen LogP contribution in [0, 0.1) is 23.0 Å². The van der Waals surface area contributed by atoms with Gasteiger partial charge in [0, 0.05) is 23.7 Å². The molecule has 1 heterocycles. The first-order valence-electron chi connectivity index (χ1n) is 6.76. The third kappa shape index (κ3) is 2.47. The number of rotatable bonds is 2. The van der Waals surface area contributed by atoms with Crippen LogP contribution in [0.1, 0.15) is 5.56 Å². The maximum absolute atomic E-state index is 13.9. The second-order valence-electron chi connectivity index (χ2n) is 4.99. The molecule has 0 fully saturated rings. The number of nitrogens with zero attached hydrogens (tertiary/aromatic N) is 1. The Morgan fingerprint density at radius 3 is 2.77 bits per heavy atom. The van der Waals surface area contributed by atoms with Crippen molar-refractivity contribution in [1.82, 2.24) is 0 Å². The van der Waals surface area contributed by atoms with Gasteiger partial charge >= 0.3 is 0 Å². The molecule has 1 atom stereocenters. The monoisotopic (exact) mass is 301 g/mol. The minimum atomic E-state index is -0.524. The van der Waals surface area contributed by atoms with Gasteiger partial charge in [0.05, 0.1) is 23.9 Å². The molecule has 3 rings (SSSR count). The number of anilines is 1. The second-order valence-corrected chi connectivity index (χ2v) is 4.99. The van der Waals surface area contributed by atoms with Crippen LogP contribution in [0.4, 0.5) is 14.5 Å². The van der Waals surface area contributed by atoms with Crippen LogP contribution in [0.5, 0.6) is 5.75 Å². The van der Waals surface area contributed by atoms with Crippen LogP contribution in [0.15, 0.2) is 30.3 Å². The highest BCUT2D eigenvalue weighted by Gasteiger charge is 2.24. The molecule has 22 heavy (non-hydrogen) atoms. The summed E-state index contributed by atoms with van der Waals surface area (Å²) in [5, 5.41) is 12.3. The maximum atomic E-state index is 13.9. The van der Waals surface area contributed by atoms with Gasteiger partial charge in [-0.25, -0.2) is 8.78 Å². The summed E-state index contributed by atoms with van der Waals surface area (Å²) in [6.07, 6.45) is -0.248. The van der Waals surface area contributed by atoms with E-state index in [1.807, 2.05) is 6.07 Å². The highest BCUT2D eigenvalue weighted by molar-refractivity contribution is 5.82. The van der Waals surface area contributed by atoms with E-state index in [-0.39, 0.29) is 11.7 Å². The lowest BCUT2D eigenvalue weighted by Crippen LogP contribution is -2.37. The van der Waals surface area contributed by atoms with Crippen molar-refractivity contribution in [3.05, 3.63) is 47.5 Å². The van der Waals surface area contributed by atoms with Gasteiger partial charge in [-0.15, -0.1) is 0 Å². The molecule has 2 aromatic carbocycles. The van der Waals surface area contributed by atoms with E-state index >= 15 is 0 Å². The first kappa shape index (κ1) is 14.3. The van der Waals surface area contributed by atoms with Crippen molar-refractivity contribution < 1.29 is 13.5 Å². The predicted octanol–water partition coefficient (Wildman–Crippen LogP) is 2.64. The fraction of sp³-hybridized carbons (Fsp3) is 0.188. The van der Waals surface area contributed by atoms with Gasteiger partial charge in [-0.3, -0.25) is 0 Å². The van der Waals surface area contributed by atoms with Gasteiger partial charge in [-0.1, -0.05) is 6.07 Å². The normalized spacial score (nSPS) is 16.2. The molecule has 0 bridgehead atoms. The van der Waals surface area contributed by atoms with E-state index in [4.69, 9.17) is 10.5 Å². The predicted molar refractivity (Wildman–Crippen MR) is 78.5 cm³/mol. The topological polar surface area (TPSA) is 71.1 Å². The van der Waals surface area contributed by atoms with Gasteiger partial charge in [0.15, 0.2) is 5.75 Å². The van der Waals surface area contributed by atoms with Gasteiger partial charge in [0.2, 0.25) is 0 Å². The van der Waals surface area contributed by atoms with E-state index in [9.17, 15) is 14.0 Å². The maximum Gasteiger partial charge on any atom is 0.151 e. The van der Waals surface area contributed by atoms with E-state index in [2.05, 4.69) is 5.32 Å². The highest BCUT2D eigenvalue weighted by atomic mass is 19.1. The third-order valence-electron chi connectivity index (χ3n) is 3.51. The van der Waals surface area contributed by atoms with Crippen molar-refractivity contribution in [2.45, 2.75) is 6.10 Å². The minimum Gasteiger partial charge on any atom is -0.484 e. The summed E-state index contributed by atoms with van der Waals surface area (Å²) in [7, 11) is 0. The molecule has 0 aliphatic carbocycles. The quantitative estimate of drug-likeness (QED) is 0.894. The van der Waals surface area contributed by atoms with Crippen molar-refractivity contribution >= 4 is 5.69 Å². The molecule has 3 N–H and O–H groups in total. The highest BCUT2D eigenvalue weighted by Crippen LogP contribution is 2.41. The number of halogens is 2. The standard InChI is InChI=1S/C16H13F2N3O/c17-10-1-2-13(9(3-10)6-19)14-4-11(18)5-15-16(14)22-12(7-20)8-21-15/h1-5,12,21H,7-8,20H2/t12-/m1/s1. The SMILES string of the molecule is N#Cc1cc(F)ccc1-c1cc(F)cc2c1O[C@H](CN)CN2. The number of nitrogens with two attached hydrogens (primary N) is 1. The number of nitriles is 1. The third-order valence-corrected chi connectivity index (χ3v) is 3.51. The van der Waals surface area contributed by atoms with Crippen LogP contribution in [0.3, 0.4) is 0 Å². The summed E-state index contributed by atoms with van der Waals surface area (Å²) in [5.74, 6) is -0.570. The Morgan fingerprint density at radius 2 is 2.05 bits per heavy atom. The molecule has 0 amide bonds. The molecular weight excluding hydrogens is 288 g/mol. The fourth-order valence-corrected chi connectivity index (χ4v) is 2.46. The lowest BCUT2D eigenvalue weighted by Gasteiger charge is -2.28. The van der Waals surface area contributed by atoms with E-state index in [0.29, 0.717) is 35.7 Å². The number of hydrogen-bond acceptors (Lipinski definition) is 4. The summed E-state index contributed by atoms with van der Waals surface area (Å²) in [6.45, 7) is 0.776. The van der Waals surface area contributed by atoms with Crippen LogP contribution in [0.2, 0.25) is 0 Å². The Hall–Kier alpha value is -2.65. The lowest BCUT2D eigenvalue weighted by atomic mass is 9.97. The van der Waals surface area contributed by atoms with Crippen LogP contribution < -0.4 is 15.8 Å². The molecule has 0 aromatic heterocycles. The van der Waals surface area contributed by atoms with Crippen LogP contribution in [0.25, 0.3) is 11.1 Å². The molecule has 0 unspecified atom stereocenters. The molecule has 0 saturated carbocycles. The average Bonchev–Trinajstić information content (AvgIpc) is 2.53. The summed E-state index contributed by atoms with van der Waals surface area (Å²) >= 11 is 0. The van der Waals surface area contributed by atoms with Crippen molar-refractivity contribution in [3.8, 4) is 22.9 Å². The van der Waals surface area contributed by atoms with E-state index in [1.165, 1.54) is 24.3 Å². The zero-order valence-corrected chi connectivity index (χ0v) is 11.6. The van der Waals surface area contributed by atoms with Gasteiger partial charge in [-0.05, 0) is 18.2 Å². The first-order chi connectivity index (χ1) is 10.6. The van der Waals surface area contributed by atoms with E-state index in [1.54, 1.807) is 0 Å². The largest absolute Gasteiger partial charge is 0.484 e. The van der Waals surface area contributed by atoms with Crippen LogP contribution >= 0.6 is 0 Å².